The molecule has 0 aliphatic heterocycles. The topological polar surface area (TPSA) is 122 Å². The molecule has 0 N–H and O–H groups in total. The van der Waals surface area contributed by atoms with Crippen molar-refractivity contribution < 1.29 is 22.3 Å². The van der Waals surface area contributed by atoms with Gasteiger partial charge in [0.2, 0.25) is 0 Å². The molecule has 0 bridgehead atoms. The first-order valence-corrected chi connectivity index (χ1v) is 13.2. The van der Waals surface area contributed by atoms with Gasteiger partial charge < -0.3 is 9.47 Å². The van der Waals surface area contributed by atoms with Crippen LogP contribution in [0.25, 0.3) is 17.2 Å². The highest BCUT2D eigenvalue weighted by Crippen LogP contribution is 2.36. The van der Waals surface area contributed by atoms with E-state index in [1.165, 1.54) is 14.2 Å². The molecule has 0 fully saturated rings. The predicted molar refractivity (Wildman–Crippen MR) is 133 cm³/mol. The third kappa shape index (κ3) is 5.36. The van der Waals surface area contributed by atoms with E-state index < -0.39 is 26.7 Å². The van der Waals surface area contributed by atoms with Gasteiger partial charge in [-0.1, -0.05) is 22.0 Å². The van der Waals surface area contributed by atoms with Crippen LogP contribution in [0.15, 0.2) is 53.4 Å². The lowest BCUT2D eigenvalue weighted by Crippen LogP contribution is -2.24. The van der Waals surface area contributed by atoms with Gasteiger partial charge in [-0.2, -0.15) is 0 Å². The van der Waals surface area contributed by atoms with Gasteiger partial charge in [0.05, 0.1) is 31.9 Å². The lowest BCUT2D eigenvalue weighted by atomic mass is 10.2. The number of hydrogen-bond donors (Lipinski definition) is 0. The molecule has 4 rings (SSSR count). The highest BCUT2D eigenvalue weighted by atomic mass is 79.9. The highest BCUT2D eigenvalue weighted by molar-refractivity contribution is 9.10. The van der Waals surface area contributed by atoms with Gasteiger partial charge in [0, 0.05) is 17.1 Å². The summed E-state index contributed by atoms with van der Waals surface area (Å²) in [6.07, 6.45) is 3.61. The van der Waals surface area contributed by atoms with Crippen LogP contribution in [0.1, 0.15) is 18.6 Å². The molecule has 10 nitrogen and oxygen atoms in total. The van der Waals surface area contributed by atoms with E-state index in [4.69, 9.17) is 9.47 Å². The van der Waals surface area contributed by atoms with Gasteiger partial charge in [-0.05, 0) is 31.2 Å². The molecule has 0 aliphatic rings. The number of pyridine rings is 1. The van der Waals surface area contributed by atoms with Crippen LogP contribution in [0.2, 0.25) is 0 Å². The van der Waals surface area contributed by atoms with E-state index in [0.717, 1.165) is 16.9 Å². The van der Waals surface area contributed by atoms with E-state index in [1.807, 2.05) is 0 Å². The largest absolute Gasteiger partial charge is 0.494 e. The van der Waals surface area contributed by atoms with Crippen molar-refractivity contribution in [3.63, 3.8) is 0 Å². The minimum atomic E-state index is -3.78. The van der Waals surface area contributed by atoms with Crippen molar-refractivity contribution in [2.24, 2.45) is 0 Å². The summed E-state index contributed by atoms with van der Waals surface area (Å²) in [5.41, 5.74) is 0.894. The SMILES string of the molecule is COc1cccc(OC)c1-n1c(CS(=O)(=O)[C@@H](C)Cc2ncc(F)cn2)nnc1-c1cc(Br)ccn1. The summed E-state index contributed by atoms with van der Waals surface area (Å²) >= 11 is 3.43. The maximum Gasteiger partial charge on any atom is 0.187 e. The molecule has 0 saturated carbocycles. The third-order valence-corrected chi connectivity index (χ3v) is 7.94. The molecule has 0 amide bonds. The Morgan fingerprint density at radius 2 is 1.72 bits per heavy atom. The summed E-state index contributed by atoms with van der Waals surface area (Å²) in [6.45, 7) is 1.54. The number of para-hydroxylation sites is 1. The standard InChI is InChI=1S/C23H22BrFN6O4S/c1-14(9-20-27-11-16(25)12-28-20)36(32,33)13-21-29-30-23(17-10-15(24)7-8-26-17)31(21)22-18(34-2)5-4-6-19(22)35-3/h4-8,10-12,14H,9,13H2,1-3H3/t14-/m0/s1. The number of aromatic nitrogens is 6. The minimum absolute atomic E-state index is 0.00870. The number of rotatable bonds is 9. The van der Waals surface area contributed by atoms with Crippen LogP contribution in [-0.2, 0) is 22.0 Å². The lowest BCUT2D eigenvalue weighted by Gasteiger charge is -2.18. The lowest BCUT2D eigenvalue weighted by molar-refractivity contribution is 0.390. The van der Waals surface area contributed by atoms with Gasteiger partial charge in [0.25, 0.3) is 0 Å². The van der Waals surface area contributed by atoms with E-state index in [0.29, 0.717) is 28.7 Å². The van der Waals surface area contributed by atoms with Crippen molar-refractivity contribution in [1.82, 2.24) is 29.7 Å². The van der Waals surface area contributed by atoms with Gasteiger partial charge in [0.15, 0.2) is 27.3 Å². The van der Waals surface area contributed by atoms with Crippen LogP contribution < -0.4 is 9.47 Å². The first-order chi connectivity index (χ1) is 17.2. The van der Waals surface area contributed by atoms with Crippen LogP contribution in [0.4, 0.5) is 4.39 Å². The molecule has 0 unspecified atom stereocenters. The normalized spacial score (nSPS) is 12.4. The fraction of sp³-hybridized carbons (Fsp3) is 0.261. The molecule has 0 spiro atoms. The van der Waals surface area contributed by atoms with Gasteiger partial charge in [-0.15, -0.1) is 10.2 Å². The first kappa shape index (κ1) is 25.6. The van der Waals surface area contributed by atoms with Crippen LogP contribution in [-0.4, -0.2) is 57.6 Å². The highest BCUT2D eigenvalue weighted by Gasteiger charge is 2.29. The number of ether oxygens (including phenoxy) is 2. The smallest absolute Gasteiger partial charge is 0.187 e. The van der Waals surface area contributed by atoms with Crippen LogP contribution in [0, 0.1) is 5.82 Å². The van der Waals surface area contributed by atoms with Crippen molar-refractivity contribution in [2.45, 2.75) is 24.3 Å². The zero-order valence-electron chi connectivity index (χ0n) is 19.6. The first-order valence-electron chi connectivity index (χ1n) is 10.7. The average molecular weight is 577 g/mol. The molecule has 36 heavy (non-hydrogen) atoms. The monoisotopic (exact) mass is 576 g/mol. The maximum absolute atomic E-state index is 13.4. The Hall–Kier alpha value is -3.45. The molecule has 0 saturated heterocycles. The molecule has 0 aliphatic carbocycles. The van der Waals surface area contributed by atoms with Crippen molar-refractivity contribution in [2.75, 3.05) is 14.2 Å². The Labute approximate surface area is 215 Å². The number of hydrogen-bond acceptors (Lipinski definition) is 9. The maximum atomic E-state index is 13.4. The fourth-order valence-electron chi connectivity index (χ4n) is 3.54. The second kappa shape index (κ2) is 10.7. The van der Waals surface area contributed by atoms with Crippen LogP contribution in [0.5, 0.6) is 11.5 Å². The van der Waals surface area contributed by atoms with Gasteiger partial charge in [-0.3, -0.25) is 9.55 Å². The van der Waals surface area contributed by atoms with Crippen LogP contribution in [0.3, 0.4) is 0 Å². The number of methoxy groups -OCH3 is 2. The van der Waals surface area contributed by atoms with E-state index in [-0.39, 0.29) is 18.1 Å². The summed E-state index contributed by atoms with van der Waals surface area (Å²) < 4.78 is 53.4. The second-order valence-electron chi connectivity index (χ2n) is 7.79. The Bertz CT molecular complexity index is 1460. The van der Waals surface area contributed by atoms with E-state index in [2.05, 4.69) is 41.1 Å². The summed E-state index contributed by atoms with van der Waals surface area (Å²) in [7, 11) is -0.775. The Morgan fingerprint density at radius 3 is 2.33 bits per heavy atom. The van der Waals surface area contributed by atoms with E-state index in [9.17, 15) is 12.8 Å². The number of halogens is 2. The molecular formula is C23H22BrFN6O4S. The van der Waals surface area contributed by atoms with Crippen LogP contribution >= 0.6 is 15.9 Å². The van der Waals surface area contributed by atoms with Crippen molar-refractivity contribution in [1.29, 1.82) is 0 Å². The zero-order chi connectivity index (χ0) is 25.9. The molecular weight excluding hydrogens is 555 g/mol. The molecule has 1 atom stereocenters. The number of benzene rings is 1. The second-order valence-corrected chi connectivity index (χ2v) is 11.1. The zero-order valence-corrected chi connectivity index (χ0v) is 22.0. The molecule has 1 aromatic carbocycles. The molecule has 3 aromatic heterocycles. The third-order valence-electron chi connectivity index (χ3n) is 5.39. The predicted octanol–water partition coefficient (Wildman–Crippen LogP) is 3.58. The van der Waals surface area contributed by atoms with Crippen molar-refractivity contribution >= 4 is 25.8 Å². The van der Waals surface area contributed by atoms with E-state index >= 15 is 0 Å². The molecule has 0 radical (unpaired) electrons. The van der Waals surface area contributed by atoms with Crippen molar-refractivity contribution in [3.8, 4) is 28.7 Å². The summed E-state index contributed by atoms with van der Waals surface area (Å²) in [4.78, 5) is 12.1. The molecule has 3 heterocycles. The number of nitrogens with zero attached hydrogens (tertiary/aromatic N) is 6. The molecule has 4 aromatic rings. The quantitative estimate of drug-likeness (QED) is 0.294. The molecule has 13 heteroatoms. The van der Waals surface area contributed by atoms with Gasteiger partial charge >= 0.3 is 0 Å². The van der Waals surface area contributed by atoms with Gasteiger partial charge in [0.1, 0.15) is 34.5 Å². The van der Waals surface area contributed by atoms with Crippen molar-refractivity contribution in [3.05, 3.63) is 70.9 Å². The summed E-state index contributed by atoms with van der Waals surface area (Å²) in [5, 5.41) is 7.63. The van der Waals surface area contributed by atoms with Gasteiger partial charge in [-0.25, -0.2) is 22.8 Å². The summed E-state index contributed by atoms with van der Waals surface area (Å²) in [6, 6.07) is 8.71. The minimum Gasteiger partial charge on any atom is -0.494 e. The number of sulfone groups is 1. The Kier molecular flexibility index (Phi) is 7.59. The fourth-order valence-corrected chi connectivity index (χ4v) is 5.11. The van der Waals surface area contributed by atoms with E-state index in [1.54, 1.807) is 48.0 Å². The Morgan fingerprint density at radius 1 is 1.06 bits per heavy atom. The average Bonchev–Trinajstić information content (AvgIpc) is 3.27. The molecule has 188 valence electrons. The summed E-state index contributed by atoms with van der Waals surface area (Å²) in [5.74, 6) is 0.479. The Balaban J connectivity index is 1.81.